The molecule has 0 radical (unpaired) electrons. The van der Waals surface area contributed by atoms with Crippen molar-refractivity contribution in [3.8, 4) is 0 Å². The number of nitrogens with one attached hydrogen (secondary N) is 1. The van der Waals surface area contributed by atoms with Gasteiger partial charge in [-0.1, -0.05) is 26.0 Å². The summed E-state index contributed by atoms with van der Waals surface area (Å²) in [6, 6.07) is 5.74. The molecule has 0 spiro atoms. The van der Waals surface area contributed by atoms with Crippen molar-refractivity contribution in [2.75, 3.05) is 5.32 Å². The van der Waals surface area contributed by atoms with Crippen LogP contribution in [0.2, 0.25) is 0 Å². The third kappa shape index (κ3) is 3.64. The van der Waals surface area contributed by atoms with Crippen molar-refractivity contribution in [3.05, 3.63) is 53.1 Å². The Balaban J connectivity index is 1.73. The standard InChI is InChI=1S/C18H18FN3O2/c1-18(2)8-14-13(15(23)9-18)10-20-17(21-14)22-16(24)7-11-3-5-12(19)6-4-11/h3-6,10H,7-9H2,1-2H3,(H,20,21,22,24). The van der Waals surface area contributed by atoms with Crippen molar-refractivity contribution < 1.29 is 14.0 Å². The molecule has 1 aromatic carbocycles. The molecule has 0 unspecified atom stereocenters. The van der Waals surface area contributed by atoms with Crippen LogP contribution in [0.4, 0.5) is 10.3 Å². The molecule has 0 saturated carbocycles. The van der Waals surface area contributed by atoms with Crippen LogP contribution in [0.25, 0.3) is 0 Å². The first-order valence-electron chi connectivity index (χ1n) is 7.76. The molecule has 3 rings (SSSR count). The lowest BCUT2D eigenvalue weighted by molar-refractivity contribution is -0.115. The van der Waals surface area contributed by atoms with Gasteiger partial charge in [0.15, 0.2) is 5.78 Å². The number of carbonyl (C=O) groups excluding carboxylic acids is 2. The van der Waals surface area contributed by atoms with Crippen molar-refractivity contribution in [2.24, 2.45) is 5.41 Å². The van der Waals surface area contributed by atoms with Crippen LogP contribution in [0, 0.1) is 11.2 Å². The third-order valence-corrected chi connectivity index (χ3v) is 3.98. The third-order valence-electron chi connectivity index (χ3n) is 3.98. The highest BCUT2D eigenvalue weighted by atomic mass is 19.1. The van der Waals surface area contributed by atoms with E-state index in [1.54, 1.807) is 12.1 Å². The van der Waals surface area contributed by atoms with Crippen LogP contribution in [-0.4, -0.2) is 21.7 Å². The van der Waals surface area contributed by atoms with E-state index in [-0.39, 0.29) is 35.3 Å². The normalized spacial score (nSPS) is 15.7. The molecule has 0 saturated heterocycles. The zero-order valence-electron chi connectivity index (χ0n) is 13.6. The number of fused-ring (bicyclic) bond motifs is 1. The van der Waals surface area contributed by atoms with E-state index in [0.29, 0.717) is 29.7 Å². The van der Waals surface area contributed by atoms with Gasteiger partial charge in [-0.25, -0.2) is 14.4 Å². The summed E-state index contributed by atoms with van der Waals surface area (Å²) in [5.74, 6) is -0.413. The zero-order chi connectivity index (χ0) is 17.3. The van der Waals surface area contributed by atoms with Crippen LogP contribution in [-0.2, 0) is 17.6 Å². The average molecular weight is 327 g/mol. The number of benzene rings is 1. The van der Waals surface area contributed by atoms with Gasteiger partial charge in [-0.2, -0.15) is 0 Å². The molecule has 1 amide bonds. The van der Waals surface area contributed by atoms with Gasteiger partial charge >= 0.3 is 0 Å². The highest BCUT2D eigenvalue weighted by Gasteiger charge is 2.32. The Morgan fingerprint density at radius 3 is 2.67 bits per heavy atom. The Bertz CT molecular complexity index is 800. The molecular weight excluding hydrogens is 309 g/mol. The first-order valence-corrected chi connectivity index (χ1v) is 7.76. The summed E-state index contributed by atoms with van der Waals surface area (Å²) in [7, 11) is 0. The number of hydrogen-bond donors (Lipinski definition) is 1. The number of rotatable bonds is 3. The first-order chi connectivity index (χ1) is 11.3. The predicted molar refractivity (Wildman–Crippen MR) is 87.2 cm³/mol. The van der Waals surface area contributed by atoms with Crippen molar-refractivity contribution in [3.63, 3.8) is 0 Å². The molecular formula is C18H18FN3O2. The Morgan fingerprint density at radius 1 is 1.25 bits per heavy atom. The summed E-state index contributed by atoms with van der Waals surface area (Å²) in [4.78, 5) is 32.6. The molecule has 2 aromatic rings. The van der Waals surface area contributed by atoms with E-state index in [1.165, 1.54) is 18.3 Å². The van der Waals surface area contributed by atoms with Gasteiger partial charge in [-0.15, -0.1) is 0 Å². The number of hydrogen-bond acceptors (Lipinski definition) is 4. The zero-order valence-corrected chi connectivity index (χ0v) is 13.6. The quantitative estimate of drug-likeness (QED) is 0.941. The van der Waals surface area contributed by atoms with Crippen LogP contribution >= 0.6 is 0 Å². The topological polar surface area (TPSA) is 72.0 Å². The van der Waals surface area contributed by atoms with E-state index in [0.717, 1.165) is 0 Å². The maximum Gasteiger partial charge on any atom is 0.231 e. The number of halogens is 1. The van der Waals surface area contributed by atoms with E-state index in [2.05, 4.69) is 15.3 Å². The van der Waals surface area contributed by atoms with E-state index >= 15 is 0 Å². The van der Waals surface area contributed by atoms with E-state index in [9.17, 15) is 14.0 Å². The lowest BCUT2D eigenvalue weighted by atomic mass is 9.76. The fourth-order valence-electron chi connectivity index (χ4n) is 2.85. The van der Waals surface area contributed by atoms with Crippen molar-refractivity contribution in [1.82, 2.24) is 9.97 Å². The number of carbonyl (C=O) groups is 2. The number of anilines is 1. The number of amides is 1. The Morgan fingerprint density at radius 2 is 1.96 bits per heavy atom. The Kier molecular flexibility index (Phi) is 4.13. The maximum absolute atomic E-state index is 12.9. The SMILES string of the molecule is CC1(C)CC(=O)c2cnc(NC(=O)Cc3ccc(F)cc3)nc2C1. The highest BCUT2D eigenvalue weighted by molar-refractivity contribution is 5.98. The second-order valence-corrected chi connectivity index (χ2v) is 6.85. The number of nitrogens with zero attached hydrogens (tertiary/aromatic N) is 2. The molecule has 0 aliphatic heterocycles. The predicted octanol–water partition coefficient (Wildman–Crippen LogP) is 2.95. The summed E-state index contributed by atoms with van der Waals surface area (Å²) >= 11 is 0. The molecule has 124 valence electrons. The van der Waals surface area contributed by atoms with Crippen LogP contribution in [0.1, 0.15) is 41.9 Å². The summed E-state index contributed by atoms with van der Waals surface area (Å²) in [6.45, 7) is 4.03. The molecule has 1 heterocycles. The van der Waals surface area contributed by atoms with Crippen molar-refractivity contribution in [2.45, 2.75) is 33.1 Å². The molecule has 24 heavy (non-hydrogen) atoms. The second kappa shape index (κ2) is 6.11. The highest BCUT2D eigenvalue weighted by Crippen LogP contribution is 2.33. The molecule has 0 fully saturated rings. The minimum Gasteiger partial charge on any atom is -0.294 e. The fourth-order valence-corrected chi connectivity index (χ4v) is 2.85. The summed E-state index contributed by atoms with van der Waals surface area (Å²) in [5.41, 5.74) is 1.76. The molecule has 5 nitrogen and oxygen atoms in total. The lowest BCUT2D eigenvalue weighted by Gasteiger charge is -2.29. The van der Waals surface area contributed by atoms with Crippen molar-refractivity contribution in [1.29, 1.82) is 0 Å². The maximum atomic E-state index is 12.9. The summed E-state index contributed by atoms with van der Waals surface area (Å²) < 4.78 is 12.9. The van der Waals surface area contributed by atoms with Gasteiger partial charge in [0, 0.05) is 12.6 Å². The van der Waals surface area contributed by atoms with Gasteiger partial charge in [0.1, 0.15) is 5.82 Å². The van der Waals surface area contributed by atoms with Crippen molar-refractivity contribution >= 4 is 17.6 Å². The van der Waals surface area contributed by atoms with Crippen LogP contribution < -0.4 is 5.32 Å². The smallest absolute Gasteiger partial charge is 0.231 e. The summed E-state index contributed by atoms with van der Waals surface area (Å²) in [5, 5.41) is 2.63. The van der Waals surface area contributed by atoms with Gasteiger partial charge in [0.2, 0.25) is 11.9 Å². The largest absolute Gasteiger partial charge is 0.294 e. The van der Waals surface area contributed by atoms with Crippen LogP contribution in [0.15, 0.2) is 30.5 Å². The first kappa shape index (κ1) is 16.2. The number of Topliss-reactive ketones (excluding diaryl/α,β-unsaturated/α-hetero) is 1. The molecule has 1 aromatic heterocycles. The van der Waals surface area contributed by atoms with E-state index in [1.807, 2.05) is 13.8 Å². The molecule has 1 N–H and O–H groups in total. The van der Waals surface area contributed by atoms with Gasteiger partial charge in [-0.05, 0) is 29.5 Å². The lowest BCUT2D eigenvalue weighted by Crippen LogP contribution is -2.28. The van der Waals surface area contributed by atoms with Gasteiger partial charge < -0.3 is 0 Å². The molecule has 1 aliphatic carbocycles. The summed E-state index contributed by atoms with van der Waals surface area (Å²) in [6.07, 6.45) is 2.72. The Labute approximate surface area is 139 Å². The Hall–Kier alpha value is -2.63. The van der Waals surface area contributed by atoms with E-state index < -0.39 is 0 Å². The van der Waals surface area contributed by atoms with Crippen LogP contribution in [0.3, 0.4) is 0 Å². The minimum atomic E-state index is -0.343. The molecule has 6 heteroatoms. The van der Waals surface area contributed by atoms with Gasteiger partial charge in [0.25, 0.3) is 0 Å². The number of aromatic nitrogens is 2. The van der Waals surface area contributed by atoms with Gasteiger partial charge in [-0.3, -0.25) is 14.9 Å². The number of ketones is 1. The minimum absolute atomic E-state index is 0.0328. The monoisotopic (exact) mass is 327 g/mol. The fraction of sp³-hybridized carbons (Fsp3) is 0.333. The molecule has 0 atom stereocenters. The van der Waals surface area contributed by atoms with Gasteiger partial charge in [0.05, 0.1) is 17.7 Å². The molecule has 0 bridgehead atoms. The van der Waals surface area contributed by atoms with E-state index in [4.69, 9.17) is 0 Å². The molecule has 1 aliphatic rings. The second-order valence-electron chi connectivity index (χ2n) is 6.85. The average Bonchev–Trinajstić information content (AvgIpc) is 2.48. The van der Waals surface area contributed by atoms with Crippen LogP contribution in [0.5, 0.6) is 0 Å².